The SMILES string of the molecule is COc1cc(-c2cc(-c3ccc(N4CCN(C)CC4)cc3)[nH]c(=O)n2)ccc1O. The highest BCUT2D eigenvalue weighted by atomic mass is 16.5. The molecule has 3 aromatic rings. The average molecular weight is 392 g/mol. The van der Waals surface area contributed by atoms with Crippen molar-refractivity contribution in [1.82, 2.24) is 14.9 Å². The summed E-state index contributed by atoms with van der Waals surface area (Å²) in [4.78, 5) is 23.7. The Morgan fingerprint density at radius 1 is 1.00 bits per heavy atom. The Bertz CT molecular complexity index is 1050. The molecule has 2 heterocycles. The van der Waals surface area contributed by atoms with Crippen molar-refractivity contribution >= 4 is 5.69 Å². The number of H-pyrrole nitrogens is 1. The molecule has 7 nitrogen and oxygen atoms in total. The van der Waals surface area contributed by atoms with E-state index in [-0.39, 0.29) is 5.75 Å². The van der Waals surface area contributed by atoms with E-state index >= 15 is 0 Å². The summed E-state index contributed by atoms with van der Waals surface area (Å²) >= 11 is 0. The lowest BCUT2D eigenvalue weighted by molar-refractivity contribution is 0.313. The molecule has 0 aliphatic carbocycles. The number of phenols is 1. The lowest BCUT2D eigenvalue weighted by Gasteiger charge is -2.34. The minimum absolute atomic E-state index is 0.0424. The first-order valence-electron chi connectivity index (χ1n) is 9.56. The second kappa shape index (κ2) is 7.97. The summed E-state index contributed by atoms with van der Waals surface area (Å²) in [6.07, 6.45) is 0. The van der Waals surface area contributed by atoms with Crippen molar-refractivity contribution in [2.45, 2.75) is 0 Å². The number of anilines is 1. The summed E-state index contributed by atoms with van der Waals surface area (Å²) in [5, 5.41) is 9.80. The van der Waals surface area contributed by atoms with Crippen molar-refractivity contribution in [3.8, 4) is 34.0 Å². The molecule has 150 valence electrons. The van der Waals surface area contributed by atoms with Crippen LogP contribution in [0.15, 0.2) is 53.3 Å². The summed E-state index contributed by atoms with van der Waals surface area (Å²) in [5.41, 5.74) is 3.58. The molecule has 1 aliphatic rings. The Balaban J connectivity index is 1.63. The highest BCUT2D eigenvalue weighted by molar-refractivity contribution is 5.70. The molecule has 2 aromatic carbocycles. The predicted octanol–water partition coefficient (Wildman–Crippen LogP) is 2.57. The molecule has 1 aromatic heterocycles. The summed E-state index contributed by atoms with van der Waals surface area (Å²) < 4.78 is 5.16. The largest absolute Gasteiger partial charge is 0.504 e. The number of methoxy groups -OCH3 is 1. The van der Waals surface area contributed by atoms with Gasteiger partial charge in [-0.1, -0.05) is 12.1 Å². The van der Waals surface area contributed by atoms with Crippen LogP contribution in [0.25, 0.3) is 22.5 Å². The molecule has 0 saturated carbocycles. The molecule has 1 aliphatic heterocycles. The Hall–Kier alpha value is -3.32. The molecule has 1 fully saturated rings. The van der Waals surface area contributed by atoms with E-state index in [1.807, 2.05) is 18.2 Å². The van der Waals surface area contributed by atoms with Crippen LogP contribution in [0.5, 0.6) is 11.5 Å². The van der Waals surface area contributed by atoms with Crippen LogP contribution in [0.4, 0.5) is 5.69 Å². The normalized spacial score (nSPS) is 14.8. The molecule has 0 bridgehead atoms. The fourth-order valence-corrected chi connectivity index (χ4v) is 3.51. The van der Waals surface area contributed by atoms with Gasteiger partial charge in [0.25, 0.3) is 0 Å². The molecular formula is C22H24N4O3. The van der Waals surface area contributed by atoms with E-state index in [0.29, 0.717) is 22.7 Å². The van der Waals surface area contributed by atoms with Gasteiger partial charge in [0.05, 0.1) is 18.5 Å². The van der Waals surface area contributed by atoms with E-state index in [0.717, 1.165) is 31.7 Å². The summed E-state index contributed by atoms with van der Waals surface area (Å²) in [5.74, 6) is 0.378. The lowest BCUT2D eigenvalue weighted by Crippen LogP contribution is -2.44. The van der Waals surface area contributed by atoms with Crippen LogP contribution in [0, 0.1) is 0 Å². The molecule has 29 heavy (non-hydrogen) atoms. The number of piperazine rings is 1. The summed E-state index contributed by atoms with van der Waals surface area (Å²) in [6, 6.07) is 14.9. The monoisotopic (exact) mass is 392 g/mol. The molecule has 0 radical (unpaired) electrons. The van der Waals surface area contributed by atoms with Crippen LogP contribution in [-0.2, 0) is 0 Å². The molecule has 0 atom stereocenters. The lowest BCUT2D eigenvalue weighted by atomic mass is 10.1. The quantitative estimate of drug-likeness (QED) is 0.710. The molecule has 0 spiro atoms. The van der Waals surface area contributed by atoms with E-state index < -0.39 is 5.69 Å². The first-order valence-corrected chi connectivity index (χ1v) is 9.56. The average Bonchev–Trinajstić information content (AvgIpc) is 2.74. The van der Waals surface area contributed by atoms with Gasteiger partial charge in [-0.15, -0.1) is 0 Å². The second-order valence-corrected chi connectivity index (χ2v) is 7.21. The number of phenolic OH excluding ortho intramolecular Hbond substituents is 1. The van der Waals surface area contributed by atoms with E-state index in [4.69, 9.17) is 4.74 Å². The number of hydrogen-bond acceptors (Lipinski definition) is 6. The minimum Gasteiger partial charge on any atom is -0.504 e. The third-order valence-corrected chi connectivity index (χ3v) is 5.27. The van der Waals surface area contributed by atoms with Crippen molar-refractivity contribution < 1.29 is 9.84 Å². The highest BCUT2D eigenvalue weighted by Crippen LogP contribution is 2.31. The van der Waals surface area contributed by atoms with Crippen LogP contribution in [-0.4, -0.2) is 60.3 Å². The molecule has 0 unspecified atom stereocenters. The van der Waals surface area contributed by atoms with Crippen LogP contribution < -0.4 is 15.3 Å². The summed E-state index contributed by atoms with van der Waals surface area (Å²) in [7, 11) is 3.62. The highest BCUT2D eigenvalue weighted by Gasteiger charge is 2.14. The maximum Gasteiger partial charge on any atom is 0.345 e. The fourth-order valence-electron chi connectivity index (χ4n) is 3.51. The van der Waals surface area contributed by atoms with Crippen molar-refractivity contribution in [3.63, 3.8) is 0 Å². The standard InChI is InChI=1S/C22H24N4O3/c1-25-9-11-26(12-10-25)17-6-3-15(4-7-17)18-14-19(24-22(28)23-18)16-5-8-20(27)21(13-16)29-2/h3-8,13-14,27H,9-12H2,1-2H3,(H,23,24,28). The third-order valence-electron chi connectivity index (χ3n) is 5.27. The number of aromatic nitrogens is 2. The fraction of sp³-hybridized carbons (Fsp3) is 0.273. The maximum atomic E-state index is 12.2. The van der Waals surface area contributed by atoms with Crippen molar-refractivity contribution in [3.05, 3.63) is 59.0 Å². The second-order valence-electron chi connectivity index (χ2n) is 7.21. The first-order chi connectivity index (χ1) is 14.0. The topological polar surface area (TPSA) is 81.7 Å². The smallest absolute Gasteiger partial charge is 0.345 e. The van der Waals surface area contributed by atoms with Gasteiger partial charge >= 0.3 is 5.69 Å². The number of hydrogen-bond donors (Lipinski definition) is 2. The van der Waals surface area contributed by atoms with Crippen molar-refractivity contribution in [1.29, 1.82) is 0 Å². The Kier molecular flexibility index (Phi) is 5.22. The van der Waals surface area contributed by atoms with Gasteiger partial charge in [-0.2, -0.15) is 4.98 Å². The van der Waals surface area contributed by atoms with Crippen LogP contribution in [0.3, 0.4) is 0 Å². The number of aromatic amines is 1. The van der Waals surface area contributed by atoms with E-state index in [1.165, 1.54) is 18.9 Å². The molecule has 7 heteroatoms. The van der Waals surface area contributed by atoms with Gasteiger partial charge in [0.15, 0.2) is 11.5 Å². The van der Waals surface area contributed by atoms with Gasteiger partial charge in [-0.3, -0.25) is 0 Å². The van der Waals surface area contributed by atoms with Gasteiger partial charge in [-0.25, -0.2) is 4.79 Å². The number of benzene rings is 2. The van der Waals surface area contributed by atoms with Crippen LogP contribution in [0.1, 0.15) is 0 Å². The zero-order valence-corrected chi connectivity index (χ0v) is 16.6. The number of nitrogens with zero attached hydrogens (tertiary/aromatic N) is 3. The van der Waals surface area contributed by atoms with E-state index in [2.05, 4.69) is 38.9 Å². The number of likely N-dealkylation sites (N-methyl/N-ethyl adjacent to an activating group) is 1. The van der Waals surface area contributed by atoms with E-state index in [9.17, 15) is 9.90 Å². The molecule has 2 N–H and O–H groups in total. The molecule has 1 saturated heterocycles. The van der Waals surface area contributed by atoms with Gasteiger partial charge < -0.3 is 24.6 Å². The van der Waals surface area contributed by atoms with E-state index in [1.54, 1.807) is 12.1 Å². The number of rotatable bonds is 4. The predicted molar refractivity (Wildman–Crippen MR) is 114 cm³/mol. The molecule has 0 amide bonds. The third kappa shape index (κ3) is 4.09. The summed E-state index contributed by atoms with van der Waals surface area (Å²) in [6.45, 7) is 4.13. The van der Waals surface area contributed by atoms with Crippen LogP contribution >= 0.6 is 0 Å². The Morgan fingerprint density at radius 2 is 1.69 bits per heavy atom. The Morgan fingerprint density at radius 3 is 2.38 bits per heavy atom. The Labute approximate surface area is 169 Å². The number of ether oxygens (including phenoxy) is 1. The zero-order chi connectivity index (χ0) is 20.4. The minimum atomic E-state index is -0.423. The number of nitrogens with one attached hydrogen (secondary N) is 1. The zero-order valence-electron chi connectivity index (χ0n) is 16.6. The van der Waals surface area contributed by atoms with Crippen molar-refractivity contribution in [2.75, 3.05) is 45.2 Å². The number of aromatic hydroxyl groups is 1. The van der Waals surface area contributed by atoms with Crippen molar-refractivity contribution in [2.24, 2.45) is 0 Å². The van der Waals surface area contributed by atoms with Gasteiger partial charge in [0, 0.05) is 37.4 Å². The maximum absolute atomic E-state index is 12.2. The van der Waals surface area contributed by atoms with Crippen LogP contribution in [0.2, 0.25) is 0 Å². The van der Waals surface area contributed by atoms with Gasteiger partial charge in [0.2, 0.25) is 0 Å². The first kappa shape index (κ1) is 19.0. The van der Waals surface area contributed by atoms with Gasteiger partial charge in [0.1, 0.15) is 0 Å². The molecule has 4 rings (SSSR count). The molecular weight excluding hydrogens is 368 g/mol. The van der Waals surface area contributed by atoms with Gasteiger partial charge in [-0.05, 0) is 49.0 Å².